The molecule has 1 aromatic carbocycles. The lowest BCUT2D eigenvalue weighted by Gasteiger charge is -2.31. The first kappa shape index (κ1) is 15.6. The number of amides is 1. The first-order valence-corrected chi connectivity index (χ1v) is 7.81. The van der Waals surface area contributed by atoms with E-state index in [-0.39, 0.29) is 17.9 Å². The van der Waals surface area contributed by atoms with Gasteiger partial charge in [-0.05, 0) is 25.0 Å². The third-order valence-electron chi connectivity index (χ3n) is 4.17. The molecule has 1 fully saturated rings. The lowest BCUT2D eigenvalue weighted by molar-refractivity contribution is -0.0272. The summed E-state index contributed by atoms with van der Waals surface area (Å²) in [7, 11) is 1.57. The standard InChI is InChI=1S/C17H21N3O3/c1-22-15-7-3-2-6-14(15)17(21)18-9-12-5-4-8-23-16(12)13-10-19-20-11-13/h2-3,6-7,10-12,16H,4-5,8-9H2,1H3,(H,18,21)(H,19,20)/t12-,16+/m0/s1. The van der Waals surface area contributed by atoms with Crippen molar-refractivity contribution in [2.45, 2.75) is 18.9 Å². The molecule has 1 saturated heterocycles. The summed E-state index contributed by atoms with van der Waals surface area (Å²) in [5.74, 6) is 0.690. The van der Waals surface area contributed by atoms with Crippen molar-refractivity contribution >= 4 is 5.91 Å². The zero-order valence-corrected chi connectivity index (χ0v) is 13.1. The van der Waals surface area contributed by atoms with Crippen LogP contribution in [0.25, 0.3) is 0 Å². The van der Waals surface area contributed by atoms with Gasteiger partial charge in [0.1, 0.15) is 5.75 Å². The molecule has 0 aliphatic carbocycles. The van der Waals surface area contributed by atoms with E-state index in [1.54, 1.807) is 25.4 Å². The Bertz CT molecular complexity index is 642. The largest absolute Gasteiger partial charge is 0.496 e. The number of para-hydroxylation sites is 1. The molecule has 0 spiro atoms. The Hall–Kier alpha value is -2.34. The van der Waals surface area contributed by atoms with Gasteiger partial charge in [-0.2, -0.15) is 5.10 Å². The van der Waals surface area contributed by atoms with Crippen molar-refractivity contribution in [1.29, 1.82) is 0 Å². The third-order valence-corrected chi connectivity index (χ3v) is 4.17. The molecule has 1 aromatic heterocycles. The Kier molecular flexibility index (Phi) is 4.92. The van der Waals surface area contributed by atoms with Crippen LogP contribution >= 0.6 is 0 Å². The monoisotopic (exact) mass is 315 g/mol. The summed E-state index contributed by atoms with van der Waals surface area (Å²) in [6, 6.07) is 7.22. The van der Waals surface area contributed by atoms with E-state index in [0.717, 1.165) is 25.0 Å². The van der Waals surface area contributed by atoms with E-state index in [1.807, 2.05) is 18.3 Å². The Morgan fingerprint density at radius 2 is 2.35 bits per heavy atom. The predicted octanol–water partition coefficient (Wildman–Crippen LogP) is 2.32. The van der Waals surface area contributed by atoms with E-state index < -0.39 is 0 Å². The number of benzene rings is 1. The second-order valence-electron chi connectivity index (χ2n) is 5.64. The molecule has 122 valence electrons. The number of nitrogens with zero attached hydrogens (tertiary/aromatic N) is 1. The molecule has 0 saturated carbocycles. The molecule has 0 radical (unpaired) electrons. The summed E-state index contributed by atoms with van der Waals surface area (Å²) >= 11 is 0. The maximum atomic E-state index is 12.4. The molecule has 3 rings (SSSR count). The van der Waals surface area contributed by atoms with E-state index in [4.69, 9.17) is 9.47 Å². The van der Waals surface area contributed by atoms with Crippen LogP contribution in [0.2, 0.25) is 0 Å². The first-order valence-electron chi connectivity index (χ1n) is 7.81. The summed E-state index contributed by atoms with van der Waals surface area (Å²) in [5, 5.41) is 9.81. The molecule has 2 aromatic rings. The highest BCUT2D eigenvalue weighted by molar-refractivity contribution is 5.96. The smallest absolute Gasteiger partial charge is 0.255 e. The Morgan fingerprint density at radius 3 is 3.13 bits per heavy atom. The van der Waals surface area contributed by atoms with Crippen LogP contribution in [0.4, 0.5) is 0 Å². The molecule has 1 aliphatic rings. The molecule has 6 heteroatoms. The van der Waals surface area contributed by atoms with Crippen molar-refractivity contribution in [3.05, 3.63) is 47.8 Å². The minimum Gasteiger partial charge on any atom is -0.496 e. The Balaban J connectivity index is 1.65. The summed E-state index contributed by atoms with van der Waals surface area (Å²) in [5.41, 5.74) is 1.58. The minimum absolute atomic E-state index is 0.0273. The Labute approximate surface area is 135 Å². The number of ether oxygens (including phenoxy) is 2. The van der Waals surface area contributed by atoms with Crippen LogP contribution in [0.3, 0.4) is 0 Å². The van der Waals surface area contributed by atoms with Crippen molar-refractivity contribution in [3.63, 3.8) is 0 Å². The third kappa shape index (κ3) is 3.53. The van der Waals surface area contributed by atoms with Crippen LogP contribution in [0, 0.1) is 5.92 Å². The van der Waals surface area contributed by atoms with Gasteiger partial charge >= 0.3 is 0 Å². The van der Waals surface area contributed by atoms with E-state index in [1.165, 1.54) is 0 Å². The number of hydrogen-bond acceptors (Lipinski definition) is 4. The second kappa shape index (κ2) is 7.28. The van der Waals surface area contributed by atoms with Crippen LogP contribution in [0.15, 0.2) is 36.7 Å². The van der Waals surface area contributed by atoms with Gasteiger partial charge in [0.05, 0.1) is 25.0 Å². The van der Waals surface area contributed by atoms with Gasteiger partial charge in [-0.3, -0.25) is 9.89 Å². The molecule has 2 N–H and O–H groups in total. The maximum absolute atomic E-state index is 12.4. The number of nitrogens with one attached hydrogen (secondary N) is 2. The van der Waals surface area contributed by atoms with E-state index in [2.05, 4.69) is 15.5 Å². The van der Waals surface area contributed by atoms with Crippen LogP contribution < -0.4 is 10.1 Å². The molecule has 0 bridgehead atoms. The number of carbonyl (C=O) groups is 1. The van der Waals surface area contributed by atoms with Gasteiger partial charge < -0.3 is 14.8 Å². The number of H-pyrrole nitrogens is 1. The highest BCUT2D eigenvalue weighted by atomic mass is 16.5. The van der Waals surface area contributed by atoms with E-state index in [9.17, 15) is 4.79 Å². The summed E-state index contributed by atoms with van der Waals surface area (Å²) in [6.07, 6.45) is 5.63. The fourth-order valence-corrected chi connectivity index (χ4v) is 2.99. The number of hydrogen-bond donors (Lipinski definition) is 2. The molecule has 23 heavy (non-hydrogen) atoms. The van der Waals surface area contributed by atoms with Crippen molar-refractivity contribution in [1.82, 2.24) is 15.5 Å². The van der Waals surface area contributed by atoms with Gasteiger partial charge in [-0.15, -0.1) is 0 Å². The van der Waals surface area contributed by atoms with Crippen LogP contribution in [-0.2, 0) is 4.74 Å². The molecule has 1 amide bonds. The van der Waals surface area contributed by atoms with Crippen molar-refractivity contribution in [2.75, 3.05) is 20.3 Å². The number of aromatic nitrogens is 2. The van der Waals surface area contributed by atoms with Gasteiger partial charge in [0.2, 0.25) is 0 Å². The number of rotatable bonds is 5. The molecular weight excluding hydrogens is 294 g/mol. The average Bonchev–Trinajstić information content (AvgIpc) is 3.14. The molecule has 6 nitrogen and oxygen atoms in total. The topological polar surface area (TPSA) is 76.2 Å². The minimum atomic E-state index is -0.126. The maximum Gasteiger partial charge on any atom is 0.255 e. The highest BCUT2D eigenvalue weighted by Crippen LogP contribution is 2.32. The zero-order chi connectivity index (χ0) is 16.1. The number of carbonyl (C=O) groups excluding carboxylic acids is 1. The summed E-state index contributed by atoms with van der Waals surface area (Å²) in [4.78, 5) is 12.4. The van der Waals surface area contributed by atoms with Crippen LogP contribution in [0.5, 0.6) is 5.75 Å². The van der Waals surface area contributed by atoms with Crippen LogP contribution in [-0.4, -0.2) is 36.4 Å². The van der Waals surface area contributed by atoms with E-state index in [0.29, 0.717) is 17.9 Å². The Morgan fingerprint density at radius 1 is 1.48 bits per heavy atom. The zero-order valence-electron chi connectivity index (χ0n) is 13.1. The summed E-state index contributed by atoms with van der Waals surface area (Å²) in [6.45, 7) is 1.31. The fraction of sp³-hybridized carbons (Fsp3) is 0.412. The van der Waals surface area contributed by atoms with Gasteiger partial charge in [-0.25, -0.2) is 0 Å². The van der Waals surface area contributed by atoms with Gasteiger partial charge in [0.15, 0.2) is 0 Å². The fourth-order valence-electron chi connectivity index (χ4n) is 2.99. The van der Waals surface area contributed by atoms with Gasteiger partial charge in [0, 0.05) is 30.8 Å². The SMILES string of the molecule is COc1ccccc1C(=O)NC[C@@H]1CCCO[C@H]1c1cn[nH]c1. The quantitative estimate of drug-likeness (QED) is 0.888. The number of aromatic amines is 1. The lowest BCUT2D eigenvalue weighted by Crippen LogP contribution is -2.35. The van der Waals surface area contributed by atoms with Crippen molar-refractivity contribution in [2.24, 2.45) is 5.92 Å². The van der Waals surface area contributed by atoms with Gasteiger partial charge in [0.25, 0.3) is 5.91 Å². The number of methoxy groups -OCH3 is 1. The lowest BCUT2D eigenvalue weighted by atomic mass is 9.91. The molecule has 2 heterocycles. The molecule has 2 atom stereocenters. The highest BCUT2D eigenvalue weighted by Gasteiger charge is 2.28. The molecular formula is C17H21N3O3. The van der Waals surface area contributed by atoms with Crippen molar-refractivity contribution in [3.8, 4) is 5.75 Å². The normalized spacial score (nSPS) is 20.9. The van der Waals surface area contributed by atoms with E-state index >= 15 is 0 Å². The van der Waals surface area contributed by atoms with Gasteiger partial charge in [-0.1, -0.05) is 12.1 Å². The predicted molar refractivity (Wildman–Crippen MR) is 85.3 cm³/mol. The molecule has 1 aliphatic heterocycles. The average molecular weight is 315 g/mol. The van der Waals surface area contributed by atoms with Crippen LogP contribution in [0.1, 0.15) is 34.9 Å². The summed E-state index contributed by atoms with van der Waals surface area (Å²) < 4.78 is 11.1. The first-order chi connectivity index (χ1) is 11.3. The molecule has 0 unspecified atom stereocenters. The van der Waals surface area contributed by atoms with Crippen molar-refractivity contribution < 1.29 is 14.3 Å². The second-order valence-corrected chi connectivity index (χ2v) is 5.64.